The molecule has 2 aliphatic rings. The van der Waals surface area contributed by atoms with E-state index >= 15 is 0 Å². The third-order valence-corrected chi connectivity index (χ3v) is 7.03. The summed E-state index contributed by atoms with van der Waals surface area (Å²) in [6.45, 7) is 3.18. The van der Waals surface area contributed by atoms with Crippen molar-refractivity contribution in [1.29, 1.82) is 0 Å². The molecule has 33 heavy (non-hydrogen) atoms. The minimum absolute atomic E-state index is 0.104. The maximum Gasteiger partial charge on any atom is 0.256 e. The highest BCUT2D eigenvalue weighted by molar-refractivity contribution is 8.00. The Labute approximate surface area is 200 Å². The van der Waals surface area contributed by atoms with Gasteiger partial charge in [-0.3, -0.25) is 4.79 Å². The molecule has 3 unspecified atom stereocenters. The molecular weight excluding hydrogens is 464 g/mol. The second-order valence-electron chi connectivity index (χ2n) is 8.01. The number of rotatable bonds is 7. The number of nitrogens with zero attached hydrogens (tertiary/aromatic N) is 6. The van der Waals surface area contributed by atoms with E-state index in [0.717, 1.165) is 30.7 Å². The van der Waals surface area contributed by atoms with Gasteiger partial charge in [-0.25, -0.2) is 9.69 Å². The summed E-state index contributed by atoms with van der Waals surface area (Å²) >= 11 is 7.35. The quantitative estimate of drug-likeness (QED) is 0.466. The largest absolute Gasteiger partial charge is 0.467 e. The molecule has 172 valence electrons. The van der Waals surface area contributed by atoms with Crippen LogP contribution in [0.15, 0.2) is 57.3 Å². The number of amides is 1. The molecule has 4 heterocycles. The third kappa shape index (κ3) is 4.83. The van der Waals surface area contributed by atoms with Gasteiger partial charge in [-0.15, -0.1) is 5.10 Å². The number of carbonyl (C=O) groups excluding carboxylic acids is 1. The monoisotopic (exact) mass is 486 g/mol. The molecule has 3 atom stereocenters. The van der Waals surface area contributed by atoms with E-state index in [-0.39, 0.29) is 18.1 Å². The molecular formula is C22H23ClN6O3S. The molecule has 0 N–H and O–H groups in total. The Morgan fingerprint density at radius 1 is 1.30 bits per heavy atom. The lowest BCUT2D eigenvalue weighted by molar-refractivity contribution is -0.132. The minimum Gasteiger partial charge on any atom is -0.467 e. The second-order valence-corrected chi connectivity index (χ2v) is 9.75. The van der Waals surface area contributed by atoms with Gasteiger partial charge in [0.2, 0.25) is 5.16 Å². The van der Waals surface area contributed by atoms with Crippen molar-refractivity contribution in [2.45, 2.75) is 55.3 Å². The maximum atomic E-state index is 13.5. The van der Waals surface area contributed by atoms with Crippen LogP contribution in [-0.2, 0) is 16.1 Å². The van der Waals surface area contributed by atoms with E-state index in [2.05, 4.69) is 20.6 Å². The van der Waals surface area contributed by atoms with Crippen molar-refractivity contribution in [2.24, 2.45) is 5.10 Å². The topological polar surface area (TPSA) is 98.6 Å². The number of hydrogen-bond donors (Lipinski definition) is 0. The molecule has 9 nitrogen and oxygen atoms in total. The van der Waals surface area contributed by atoms with Crippen LogP contribution in [0.4, 0.5) is 0 Å². The first kappa shape index (κ1) is 22.1. The first-order chi connectivity index (χ1) is 16.1. The Bertz CT molecular complexity index is 1130. The lowest BCUT2D eigenvalue weighted by atomic mass is 10.0. The number of carbonyl (C=O) groups is 1. The van der Waals surface area contributed by atoms with Crippen molar-refractivity contribution < 1.29 is 13.9 Å². The van der Waals surface area contributed by atoms with Crippen LogP contribution in [0.2, 0.25) is 5.02 Å². The molecule has 1 fully saturated rings. The van der Waals surface area contributed by atoms with Crippen molar-refractivity contribution in [1.82, 2.24) is 25.2 Å². The van der Waals surface area contributed by atoms with Crippen LogP contribution in [0.25, 0.3) is 0 Å². The van der Waals surface area contributed by atoms with Crippen LogP contribution in [-0.4, -0.2) is 54.8 Å². The highest BCUT2D eigenvalue weighted by atomic mass is 35.5. The number of thioether (sulfide) groups is 1. The lowest BCUT2D eigenvalue weighted by Crippen LogP contribution is -2.33. The zero-order valence-electron chi connectivity index (χ0n) is 18.0. The van der Waals surface area contributed by atoms with E-state index in [4.69, 9.17) is 20.8 Å². The molecule has 1 amide bonds. The number of tetrazole rings is 1. The number of hydrazone groups is 1. The van der Waals surface area contributed by atoms with Crippen LogP contribution in [0.1, 0.15) is 43.6 Å². The predicted octanol–water partition coefficient (Wildman–Crippen LogP) is 3.96. The van der Waals surface area contributed by atoms with E-state index in [1.165, 1.54) is 16.8 Å². The van der Waals surface area contributed by atoms with Gasteiger partial charge in [0.15, 0.2) is 0 Å². The van der Waals surface area contributed by atoms with Gasteiger partial charge in [-0.05, 0) is 60.0 Å². The molecule has 2 aliphatic heterocycles. The number of ether oxygens (including phenoxy) is 1. The lowest BCUT2D eigenvalue weighted by Gasteiger charge is -2.22. The van der Waals surface area contributed by atoms with E-state index in [9.17, 15) is 4.79 Å². The molecule has 11 heteroatoms. The smallest absolute Gasteiger partial charge is 0.256 e. The van der Waals surface area contributed by atoms with E-state index in [1.54, 1.807) is 10.9 Å². The molecule has 0 spiro atoms. The number of halogens is 1. The van der Waals surface area contributed by atoms with Crippen LogP contribution in [0.3, 0.4) is 0 Å². The van der Waals surface area contributed by atoms with Crippen LogP contribution < -0.4 is 0 Å². The molecule has 5 rings (SSSR count). The zero-order valence-corrected chi connectivity index (χ0v) is 19.6. The van der Waals surface area contributed by atoms with Gasteiger partial charge in [0, 0.05) is 18.1 Å². The molecule has 1 aromatic carbocycles. The van der Waals surface area contributed by atoms with Crippen LogP contribution in [0.5, 0.6) is 0 Å². The van der Waals surface area contributed by atoms with Gasteiger partial charge in [-0.2, -0.15) is 5.10 Å². The van der Waals surface area contributed by atoms with Crippen LogP contribution in [0, 0.1) is 0 Å². The molecule has 1 saturated heterocycles. The molecule has 2 aromatic heterocycles. The Morgan fingerprint density at radius 3 is 2.88 bits per heavy atom. The number of furan rings is 1. The number of aromatic nitrogens is 4. The van der Waals surface area contributed by atoms with E-state index in [1.807, 2.05) is 43.3 Å². The summed E-state index contributed by atoms with van der Waals surface area (Å²) in [6, 6.07) is 10.8. The van der Waals surface area contributed by atoms with E-state index < -0.39 is 5.25 Å². The summed E-state index contributed by atoms with van der Waals surface area (Å²) < 4.78 is 13.0. The fourth-order valence-electron chi connectivity index (χ4n) is 4.00. The van der Waals surface area contributed by atoms with Gasteiger partial charge >= 0.3 is 0 Å². The first-order valence-corrected chi connectivity index (χ1v) is 12.1. The van der Waals surface area contributed by atoms with Crippen molar-refractivity contribution in [3.05, 3.63) is 59.0 Å². The summed E-state index contributed by atoms with van der Waals surface area (Å²) in [6.07, 6.45) is 4.29. The summed E-state index contributed by atoms with van der Waals surface area (Å²) in [5.74, 6) is 0.550. The van der Waals surface area contributed by atoms with Gasteiger partial charge in [-0.1, -0.05) is 35.5 Å². The Hall–Kier alpha value is -2.69. The third-order valence-electron chi connectivity index (χ3n) is 5.71. The second kappa shape index (κ2) is 9.66. The van der Waals surface area contributed by atoms with Crippen molar-refractivity contribution in [3.63, 3.8) is 0 Å². The van der Waals surface area contributed by atoms with Gasteiger partial charge in [0.1, 0.15) is 11.8 Å². The number of hydrogen-bond acceptors (Lipinski definition) is 8. The highest BCUT2D eigenvalue weighted by Gasteiger charge is 2.37. The van der Waals surface area contributed by atoms with Gasteiger partial charge < -0.3 is 9.15 Å². The van der Waals surface area contributed by atoms with Crippen molar-refractivity contribution in [3.8, 4) is 0 Å². The predicted molar refractivity (Wildman–Crippen MR) is 123 cm³/mol. The molecule has 0 radical (unpaired) electrons. The summed E-state index contributed by atoms with van der Waals surface area (Å²) in [5.41, 5.74) is 1.73. The number of benzene rings is 1. The average molecular weight is 487 g/mol. The van der Waals surface area contributed by atoms with Gasteiger partial charge in [0.25, 0.3) is 5.91 Å². The standard InChI is InChI=1S/C22H23ClN6O3S/c1-14(33-22-24-26-27-28(22)13-17-4-2-10-31-17)21(30)29-19(20-5-3-11-32-20)12-18(25-29)15-6-8-16(23)9-7-15/h3,5-9,11,14,17,19H,2,4,10,12-13H2,1H3. The Balaban J connectivity index is 1.35. The molecule has 0 saturated carbocycles. The molecule has 3 aromatic rings. The zero-order chi connectivity index (χ0) is 22.8. The minimum atomic E-state index is -0.454. The molecule has 0 aliphatic carbocycles. The van der Waals surface area contributed by atoms with Gasteiger partial charge in [0.05, 0.1) is 29.9 Å². The van der Waals surface area contributed by atoms with Crippen molar-refractivity contribution >= 4 is 35.0 Å². The Kier molecular flexibility index (Phi) is 6.48. The fraction of sp³-hybridized carbons (Fsp3) is 0.409. The average Bonchev–Trinajstić information content (AvgIpc) is 3.61. The normalized spacial score (nSPS) is 21.4. The van der Waals surface area contributed by atoms with Crippen LogP contribution >= 0.6 is 23.4 Å². The Morgan fingerprint density at radius 2 is 2.15 bits per heavy atom. The highest BCUT2D eigenvalue weighted by Crippen LogP contribution is 2.35. The van der Waals surface area contributed by atoms with E-state index in [0.29, 0.717) is 28.9 Å². The maximum absolute atomic E-state index is 13.5. The summed E-state index contributed by atoms with van der Waals surface area (Å²) in [7, 11) is 0. The molecule has 0 bridgehead atoms. The van der Waals surface area contributed by atoms with Crippen molar-refractivity contribution in [2.75, 3.05) is 6.61 Å². The summed E-state index contributed by atoms with van der Waals surface area (Å²) in [4.78, 5) is 13.5. The first-order valence-electron chi connectivity index (χ1n) is 10.8. The summed E-state index contributed by atoms with van der Waals surface area (Å²) in [5, 5.41) is 19.0. The fourth-order valence-corrected chi connectivity index (χ4v) is 4.97. The SMILES string of the molecule is CC(Sc1nnnn1CC1CCCO1)C(=O)N1N=C(c2ccc(Cl)cc2)CC1c1ccco1.